The van der Waals surface area contributed by atoms with Crippen molar-refractivity contribution in [3.8, 4) is 5.75 Å². The zero-order valence-corrected chi connectivity index (χ0v) is 13.1. The van der Waals surface area contributed by atoms with E-state index in [1.165, 1.54) is 5.56 Å². The molecule has 1 fully saturated rings. The highest BCUT2D eigenvalue weighted by atomic mass is 16.5. The SMILES string of the molecule is CCCOC1C(N)CC1Oc1ccc(C(C)(C)C)cc1. The molecule has 0 aliphatic heterocycles. The van der Waals surface area contributed by atoms with Crippen molar-refractivity contribution in [1.29, 1.82) is 0 Å². The molecule has 0 amide bonds. The summed E-state index contributed by atoms with van der Waals surface area (Å²) in [5.41, 5.74) is 7.47. The van der Waals surface area contributed by atoms with Crippen molar-refractivity contribution in [1.82, 2.24) is 0 Å². The molecule has 2 rings (SSSR count). The van der Waals surface area contributed by atoms with Crippen LogP contribution in [0.3, 0.4) is 0 Å². The van der Waals surface area contributed by atoms with Gasteiger partial charge in [0.2, 0.25) is 0 Å². The summed E-state index contributed by atoms with van der Waals surface area (Å²) in [6, 6.07) is 8.47. The minimum absolute atomic E-state index is 0.0391. The van der Waals surface area contributed by atoms with Crippen LogP contribution in [-0.2, 0) is 10.2 Å². The second-order valence-corrected chi connectivity index (χ2v) is 6.67. The second kappa shape index (κ2) is 6.15. The molecule has 0 saturated heterocycles. The first-order chi connectivity index (χ1) is 9.41. The van der Waals surface area contributed by atoms with Crippen LogP contribution in [0.15, 0.2) is 24.3 Å². The van der Waals surface area contributed by atoms with Gasteiger partial charge in [0.1, 0.15) is 18.0 Å². The molecule has 3 heteroatoms. The highest BCUT2D eigenvalue weighted by Gasteiger charge is 2.41. The van der Waals surface area contributed by atoms with Crippen molar-refractivity contribution < 1.29 is 9.47 Å². The lowest BCUT2D eigenvalue weighted by Crippen LogP contribution is -2.59. The van der Waals surface area contributed by atoms with Gasteiger partial charge < -0.3 is 15.2 Å². The molecule has 0 heterocycles. The molecule has 20 heavy (non-hydrogen) atoms. The van der Waals surface area contributed by atoms with Crippen LogP contribution < -0.4 is 10.5 Å². The number of rotatable bonds is 5. The molecule has 3 unspecified atom stereocenters. The van der Waals surface area contributed by atoms with Crippen molar-refractivity contribution in [3.05, 3.63) is 29.8 Å². The molecular formula is C17H27NO2. The fraction of sp³-hybridized carbons (Fsp3) is 0.647. The molecule has 1 saturated carbocycles. The van der Waals surface area contributed by atoms with E-state index >= 15 is 0 Å². The molecule has 0 bridgehead atoms. The van der Waals surface area contributed by atoms with Crippen molar-refractivity contribution in [3.63, 3.8) is 0 Å². The summed E-state index contributed by atoms with van der Waals surface area (Å²) in [5, 5.41) is 0. The summed E-state index contributed by atoms with van der Waals surface area (Å²) in [7, 11) is 0. The Kier molecular flexibility index (Phi) is 4.71. The Labute approximate surface area is 122 Å². The Morgan fingerprint density at radius 1 is 1.20 bits per heavy atom. The fourth-order valence-electron chi connectivity index (χ4n) is 2.42. The Bertz CT molecular complexity index is 422. The van der Waals surface area contributed by atoms with Gasteiger partial charge in [0.15, 0.2) is 0 Å². The van der Waals surface area contributed by atoms with Crippen LogP contribution >= 0.6 is 0 Å². The van der Waals surface area contributed by atoms with E-state index in [1.807, 2.05) is 12.1 Å². The van der Waals surface area contributed by atoms with E-state index in [-0.39, 0.29) is 23.7 Å². The predicted octanol–water partition coefficient (Wildman–Crippen LogP) is 3.26. The van der Waals surface area contributed by atoms with Gasteiger partial charge in [0.05, 0.1) is 0 Å². The molecule has 2 N–H and O–H groups in total. The first-order valence-electron chi connectivity index (χ1n) is 7.56. The van der Waals surface area contributed by atoms with Crippen molar-refractivity contribution in [2.24, 2.45) is 5.73 Å². The van der Waals surface area contributed by atoms with Crippen LogP contribution in [0, 0.1) is 0 Å². The van der Waals surface area contributed by atoms with Gasteiger partial charge in [0, 0.05) is 19.1 Å². The number of ether oxygens (including phenoxy) is 2. The zero-order chi connectivity index (χ0) is 14.8. The molecular weight excluding hydrogens is 250 g/mol. The van der Waals surface area contributed by atoms with Gasteiger partial charge in [-0.3, -0.25) is 0 Å². The van der Waals surface area contributed by atoms with Gasteiger partial charge in [-0.2, -0.15) is 0 Å². The lowest BCUT2D eigenvalue weighted by Gasteiger charge is -2.41. The van der Waals surface area contributed by atoms with E-state index in [9.17, 15) is 0 Å². The molecule has 0 radical (unpaired) electrons. The van der Waals surface area contributed by atoms with E-state index in [1.54, 1.807) is 0 Å². The average molecular weight is 277 g/mol. The van der Waals surface area contributed by atoms with Gasteiger partial charge >= 0.3 is 0 Å². The number of benzene rings is 1. The van der Waals surface area contributed by atoms with E-state index in [0.29, 0.717) is 0 Å². The van der Waals surface area contributed by atoms with Crippen molar-refractivity contribution >= 4 is 0 Å². The molecule has 1 aromatic rings. The van der Waals surface area contributed by atoms with Gasteiger partial charge in [-0.15, -0.1) is 0 Å². The lowest BCUT2D eigenvalue weighted by molar-refractivity contribution is -0.0980. The molecule has 1 aliphatic rings. The summed E-state index contributed by atoms with van der Waals surface area (Å²) < 4.78 is 11.7. The molecule has 1 aliphatic carbocycles. The summed E-state index contributed by atoms with van der Waals surface area (Å²) in [5.74, 6) is 0.903. The van der Waals surface area contributed by atoms with E-state index < -0.39 is 0 Å². The van der Waals surface area contributed by atoms with E-state index in [2.05, 4.69) is 39.8 Å². The van der Waals surface area contributed by atoms with Gasteiger partial charge in [-0.05, 0) is 29.5 Å². The normalized spacial score (nSPS) is 26.1. The third-order valence-electron chi connectivity index (χ3n) is 3.82. The summed E-state index contributed by atoms with van der Waals surface area (Å²) >= 11 is 0. The maximum absolute atomic E-state index is 5.99. The number of hydrogen-bond acceptors (Lipinski definition) is 3. The summed E-state index contributed by atoms with van der Waals surface area (Å²) in [6.45, 7) is 9.49. The second-order valence-electron chi connectivity index (χ2n) is 6.67. The van der Waals surface area contributed by atoms with Gasteiger partial charge in [-0.1, -0.05) is 39.8 Å². The monoisotopic (exact) mass is 277 g/mol. The highest BCUT2D eigenvalue weighted by Crippen LogP contribution is 2.29. The minimum Gasteiger partial charge on any atom is -0.488 e. The van der Waals surface area contributed by atoms with Gasteiger partial charge in [-0.25, -0.2) is 0 Å². The van der Waals surface area contributed by atoms with Crippen LogP contribution in [0.2, 0.25) is 0 Å². The topological polar surface area (TPSA) is 44.5 Å². The standard InChI is InChI=1S/C17H27NO2/c1-5-10-19-16-14(18)11-15(16)20-13-8-6-12(7-9-13)17(2,3)4/h6-9,14-16H,5,10-11,18H2,1-4H3. The smallest absolute Gasteiger partial charge is 0.128 e. The van der Waals surface area contributed by atoms with Crippen LogP contribution in [-0.4, -0.2) is 24.9 Å². The first kappa shape index (κ1) is 15.3. The minimum atomic E-state index is 0.0391. The fourth-order valence-corrected chi connectivity index (χ4v) is 2.42. The van der Waals surface area contributed by atoms with Crippen LogP contribution in [0.25, 0.3) is 0 Å². The Hall–Kier alpha value is -1.06. The Morgan fingerprint density at radius 2 is 1.85 bits per heavy atom. The summed E-state index contributed by atoms with van der Waals surface area (Å²) in [6.07, 6.45) is 2.01. The molecule has 112 valence electrons. The maximum atomic E-state index is 5.99. The quantitative estimate of drug-likeness (QED) is 0.898. The third kappa shape index (κ3) is 3.53. The zero-order valence-electron chi connectivity index (χ0n) is 13.1. The third-order valence-corrected chi connectivity index (χ3v) is 3.82. The predicted molar refractivity (Wildman–Crippen MR) is 82.2 cm³/mol. The van der Waals surface area contributed by atoms with Crippen molar-refractivity contribution in [2.45, 2.75) is 64.2 Å². The van der Waals surface area contributed by atoms with Crippen LogP contribution in [0.1, 0.15) is 46.1 Å². The average Bonchev–Trinajstić information content (AvgIpc) is 2.38. The van der Waals surface area contributed by atoms with E-state index in [4.69, 9.17) is 15.2 Å². The van der Waals surface area contributed by atoms with E-state index in [0.717, 1.165) is 25.2 Å². The van der Waals surface area contributed by atoms with Crippen molar-refractivity contribution in [2.75, 3.05) is 6.61 Å². The molecule has 1 aromatic carbocycles. The molecule has 0 aromatic heterocycles. The largest absolute Gasteiger partial charge is 0.488 e. The molecule has 0 spiro atoms. The van der Waals surface area contributed by atoms with Crippen LogP contribution in [0.4, 0.5) is 0 Å². The number of hydrogen-bond donors (Lipinski definition) is 1. The van der Waals surface area contributed by atoms with Gasteiger partial charge in [0.25, 0.3) is 0 Å². The summed E-state index contributed by atoms with van der Waals surface area (Å²) in [4.78, 5) is 0. The lowest BCUT2D eigenvalue weighted by atomic mass is 9.85. The molecule has 3 nitrogen and oxygen atoms in total. The number of nitrogens with two attached hydrogens (primary N) is 1. The van der Waals surface area contributed by atoms with Crippen LogP contribution in [0.5, 0.6) is 5.75 Å². The molecule has 3 atom stereocenters. The Morgan fingerprint density at radius 3 is 2.35 bits per heavy atom. The first-order valence-corrected chi connectivity index (χ1v) is 7.56. The maximum Gasteiger partial charge on any atom is 0.128 e. The highest BCUT2D eigenvalue weighted by molar-refractivity contribution is 5.31. The Balaban J connectivity index is 1.93.